The van der Waals surface area contributed by atoms with Crippen LogP contribution in [0.3, 0.4) is 0 Å². The summed E-state index contributed by atoms with van der Waals surface area (Å²) in [5.74, 6) is 0.336. The third-order valence-electron chi connectivity index (χ3n) is 4.67. The van der Waals surface area contributed by atoms with E-state index in [4.69, 9.17) is 0 Å². The molecule has 1 aliphatic rings. The first-order valence-corrected chi connectivity index (χ1v) is 9.33. The predicted octanol–water partition coefficient (Wildman–Crippen LogP) is 3.98. The lowest BCUT2D eigenvalue weighted by molar-refractivity contribution is 0.485. The molecule has 122 valence electrons. The van der Waals surface area contributed by atoms with Crippen LogP contribution in [0.15, 0.2) is 29.2 Å². The Morgan fingerprint density at radius 3 is 2.18 bits per heavy atom. The minimum Gasteiger partial charge on any atom is -0.207 e. The molecule has 0 saturated carbocycles. The van der Waals surface area contributed by atoms with Gasteiger partial charge in [-0.05, 0) is 44.7 Å². The molecule has 22 heavy (non-hydrogen) atoms. The van der Waals surface area contributed by atoms with Gasteiger partial charge in [0.1, 0.15) is 0 Å². The molecule has 2 rings (SSSR count). The van der Waals surface area contributed by atoms with Gasteiger partial charge in [0.2, 0.25) is 10.0 Å². The van der Waals surface area contributed by atoms with Gasteiger partial charge in [-0.15, -0.1) is 0 Å². The molecule has 1 saturated heterocycles. The summed E-state index contributed by atoms with van der Waals surface area (Å²) in [6.45, 7) is 15.9. The summed E-state index contributed by atoms with van der Waals surface area (Å²) >= 11 is 0. The van der Waals surface area contributed by atoms with Crippen LogP contribution in [0.1, 0.15) is 43.9 Å². The number of hydrogen-bond acceptors (Lipinski definition) is 2. The van der Waals surface area contributed by atoms with E-state index in [1.807, 2.05) is 39.8 Å². The van der Waals surface area contributed by atoms with Gasteiger partial charge in [0.15, 0.2) is 0 Å². The topological polar surface area (TPSA) is 37.1 Å². The average Bonchev–Trinajstić information content (AvgIpc) is 3.12. The van der Waals surface area contributed by atoms with Crippen molar-refractivity contribution in [2.24, 2.45) is 5.92 Å². The molecule has 1 aromatic carbocycles. The molecule has 1 aromatic rings. The summed E-state index contributed by atoms with van der Waals surface area (Å²) in [4.78, 5) is 0.468. The molecular formula is C18H27NO2S. The van der Waals surface area contributed by atoms with E-state index in [1.165, 1.54) is 0 Å². The summed E-state index contributed by atoms with van der Waals surface area (Å²) < 4.78 is 28.0. The number of nitrogens with zero attached hydrogens (tertiary/aromatic N) is 1. The number of hydrogen-bond donors (Lipinski definition) is 0. The molecule has 0 spiro atoms. The van der Waals surface area contributed by atoms with Crippen molar-refractivity contribution >= 4 is 10.0 Å². The molecule has 0 aromatic heterocycles. The first-order chi connectivity index (χ1) is 10.1. The Labute approximate surface area is 135 Å². The van der Waals surface area contributed by atoms with E-state index in [0.717, 1.165) is 28.7 Å². The molecule has 3 nitrogen and oxygen atoms in total. The van der Waals surface area contributed by atoms with Gasteiger partial charge in [-0.25, -0.2) is 8.42 Å². The lowest BCUT2D eigenvalue weighted by Gasteiger charge is -2.15. The highest BCUT2D eigenvalue weighted by molar-refractivity contribution is 7.89. The second kappa shape index (κ2) is 5.82. The van der Waals surface area contributed by atoms with E-state index >= 15 is 0 Å². The highest BCUT2D eigenvalue weighted by Gasteiger charge is 2.57. The highest BCUT2D eigenvalue weighted by Crippen LogP contribution is 2.45. The SMILES string of the molecule is C=C(C)[C@@H]1[C@H]([C@@H](C)CC)N1S(=O)(=O)c1c(C)cc(C)cc1C. The van der Waals surface area contributed by atoms with Gasteiger partial charge < -0.3 is 0 Å². The summed E-state index contributed by atoms with van der Waals surface area (Å²) in [7, 11) is -3.47. The first kappa shape index (κ1) is 17.2. The van der Waals surface area contributed by atoms with Crippen LogP contribution in [-0.4, -0.2) is 24.8 Å². The summed E-state index contributed by atoms with van der Waals surface area (Å²) in [6.07, 6.45) is 0.965. The van der Waals surface area contributed by atoms with Gasteiger partial charge in [0.05, 0.1) is 10.9 Å². The van der Waals surface area contributed by atoms with Gasteiger partial charge in [-0.2, -0.15) is 4.31 Å². The molecule has 4 atom stereocenters. The third-order valence-corrected chi connectivity index (χ3v) is 6.86. The molecule has 0 amide bonds. The molecular weight excluding hydrogens is 294 g/mol. The Morgan fingerprint density at radius 2 is 1.77 bits per heavy atom. The number of rotatable bonds is 5. The normalized spacial score (nSPS) is 25.8. The molecule has 0 bridgehead atoms. The van der Waals surface area contributed by atoms with Crippen LogP contribution in [-0.2, 0) is 10.0 Å². The van der Waals surface area contributed by atoms with Crippen LogP contribution < -0.4 is 0 Å². The zero-order valence-corrected chi connectivity index (χ0v) is 15.3. The van der Waals surface area contributed by atoms with Crippen LogP contribution in [0.4, 0.5) is 0 Å². The number of sulfonamides is 1. The smallest absolute Gasteiger partial charge is 0.207 e. The Kier molecular flexibility index (Phi) is 4.56. The van der Waals surface area contributed by atoms with Crippen LogP contribution >= 0.6 is 0 Å². The Bertz CT molecular complexity index is 683. The molecule has 1 heterocycles. The van der Waals surface area contributed by atoms with Crippen molar-refractivity contribution < 1.29 is 8.42 Å². The molecule has 1 aliphatic heterocycles. The Morgan fingerprint density at radius 1 is 1.27 bits per heavy atom. The largest absolute Gasteiger partial charge is 0.244 e. The van der Waals surface area contributed by atoms with Crippen LogP contribution in [0.5, 0.6) is 0 Å². The van der Waals surface area contributed by atoms with Crippen LogP contribution in [0.25, 0.3) is 0 Å². The lowest BCUT2D eigenvalue weighted by Crippen LogP contribution is -2.20. The summed E-state index contributed by atoms with van der Waals surface area (Å²) in [5.41, 5.74) is 3.67. The average molecular weight is 321 g/mol. The van der Waals surface area contributed by atoms with E-state index in [0.29, 0.717) is 10.8 Å². The lowest BCUT2D eigenvalue weighted by atomic mass is 10.0. The van der Waals surface area contributed by atoms with Crippen molar-refractivity contribution in [3.05, 3.63) is 41.0 Å². The molecule has 1 unspecified atom stereocenters. The maximum atomic E-state index is 13.2. The molecule has 0 N–H and O–H groups in total. The fourth-order valence-electron chi connectivity index (χ4n) is 3.53. The van der Waals surface area contributed by atoms with Crippen molar-refractivity contribution in [1.82, 2.24) is 4.31 Å². The molecule has 1 fully saturated rings. The van der Waals surface area contributed by atoms with Gasteiger partial charge in [-0.3, -0.25) is 0 Å². The monoisotopic (exact) mass is 321 g/mol. The number of benzene rings is 1. The first-order valence-electron chi connectivity index (χ1n) is 7.89. The van der Waals surface area contributed by atoms with E-state index in [1.54, 1.807) is 4.31 Å². The maximum absolute atomic E-state index is 13.2. The van der Waals surface area contributed by atoms with Gasteiger partial charge in [0, 0.05) is 6.04 Å². The molecule has 0 radical (unpaired) electrons. The Balaban J connectivity index is 2.50. The summed E-state index contributed by atoms with van der Waals surface area (Å²) in [5, 5.41) is 0. The van der Waals surface area contributed by atoms with E-state index in [-0.39, 0.29) is 12.1 Å². The van der Waals surface area contributed by atoms with Gasteiger partial charge in [-0.1, -0.05) is 50.1 Å². The van der Waals surface area contributed by atoms with E-state index in [2.05, 4.69) is 20.4 Å². The zero-order valence-electron chi connectivity index (χ0n) is 14.5. The summed E-state index contributed by atoms with van der Waals surface area (Å²) in [6, 6.07) is 3.88. The van der Waals surface area contributed by atoms with E-state index in [9.17, 15) is 8.42 Å². The Hall–Kier alpha value is -1.13. The zero-order chi connectivity index (χ0) is 16.8. The van der Waals surface area contributed by atoms with Crippen molar-refractivity contribution in [2.45, 2.75) is 64.9 Å². The molecule has 4 heteroatoms. The minimum absolute atomic E-state index is 0.0487. The second-order valence-electron chi connectivity index (χ2n) is 6.73. The van der Waals surface area contributed by atoms with Crippen LogP contribution in [0.2, 0.25) is 0 Å². The van der Waals surface area contributed by atoms with Crippen molar-refractivity contribution in [3.8, 4) is 0 Å². The third kappa shape index (κ3) is 2.74. The highest BCUT2D eigenvalue weighted by atomic mass is 32.2. The second-order valence-corrected chi connectivity index (χ2v) is 8.51. The molecule has 0 aliphatic carbocycles. The fraction of sp³-hybridized carbons (Fsp3) is 0.556. The number of aryl methyl sites for hydroxylation is 3. The minimum atomic E-state index is -3.47. The standard InChI is InChI=1S/C18H27NO2S/c1-8-13(5)17-16(11(2)3)19(17)22(20,21)18-14(6)9-12(4)10-15(18)7/h9-10,13,16-17H,2,8H2,1,3-7H3/t13-,16+,17-,19?/m0/s1. The predicted molar refractivity (Wildman–Crippen MR) is 91.5 cm³/mol. The fourth-order valence-corrected chi connectivity index (χ4v) is 5.86. The van der Waals surface area contributed by atoms with Crippen molar-refractivity contribution in [1.29, 1.82) is 0 Å². The van der Waals surface area contributed by atoms with Crippen molar-refractivity contribution in [2.75, 3.05) is 0 Å². The van der Waals surface area contributed by atoms with Gasteiger partial charge >= 0.3 is 0 Å². The van der Waals surface area contributed by atoms with E-state index < -0.39 is 10.0 Å². The quantitative estimate of drug-likeness (QED) is 0.608. The van der Waals surface area contributed by atoms with Crippen molar-refractivity contribution in [3.63, 3.8) is 0 Å². The maximum Gasteiger partial charge on any atom is 0.244 e. The van der Waals surface area contributed by atoms with Gasteiger partial charge in [0.25, 0.3) is 0 Å². The van der Waals surface area contributed by atoms with Crippen LogP contribution in [0, 0.1) is 26.7 Å².